The van der Waals surface area contributed by atoms with Crippen LogP contribution in [0, 0.1) is 12.3 Å². The molecule has 0 N–H and O–H groups in total. The van der Waals surface area contributed by atoms with Gasteiger partial charge >= 0.3 is 0 Å². The summed E-state index contributed by atoms with van der Waals surface area (Å²) in [6.45, 7) is 0. The van der Waals surface area contributed by atoms with Gasteiger partial charge in [-0.25, -0.2) is 0 Å². The van der Waals surface area contributed by atoms with Crippen molar-refractivity contribution in [2.45, 2.75) is 0 Å². The van der Waals surface area contributed by atoms with Crippen LogP contribution in [0.3, 0.4) is 0 Å². The van der Waals surface area contributed by atoms with Crippen LogP contribution in [0.15, 0.2) is 43.0 Å². The van der Waals surface area contributed by atoms with E-state index in [9.17, 15) is 0 Å². The van der Waals surface area contributed by atoms with Gasteiger partial charge in [-0.15, -0.1) is 6.42 Å². The molecule has 2 heterocycles. The largest absolute Gasteiger partial charge is 0.265 e. The van der Waals surface area contributed by atoms with Crippen molar-refractivity contribution in [2.24, 2.45) is 0 Å². The minimum Gasteiger partial charge on any atom is -0.265 e. The second-order valence-corrected chi connectivity index (χ2v) is 3.22. The number of hydrogen-bond acceptors (Lipinski definition) is 2. The molecule has 2 rings (SSSR count). The minimum absolute atomic E-state index is 0.799. The van der Waals surface area contributed by atoms with Gasteiger partial charge < -0.3 is 0 Å². The lowest BCUT2D eigenvalue weighted by atomic mass is 10.1. The third kappa shape index (κ3) is 2.34. The molecule has 0 aliphatic carbocycles. The Labute approximate surface area is 94.7 Å². The summed E-state index contributed by atoms with van der Waals surface area (Å²) in [6, 6.07) is 5.77. The average molecular weight is 206 g/mol. The standard InChI is InChI=1S/C14H10N2/c1-2-13-11-16-10-7-14(13)4-3-12-5-8-15-9-6-12/h1,3-11H/b4-3+. The van der Waals surface area contributed by atoms with Gasteiger partial charge in [0.1, 0.15) is 0 Å². The van der Waals surface area contributed by atoms with Gasteiger partial charge in [-0.2, -0.15) is 0 Å². The van der Waals surface area contributed by atoms with Crippen LogP contribution in [-0.2, 0) is 0 Å². The second-order valence-electron chi connectivity index (χ2n) is 3.22. The molecule has 0 radical (unpaired) electrons. The molecule has 0 aliphatic heterocycles. The molecule has 2 aromatic rings. The Morgan fingerprint density at radius 2 is 1.75 bits per heavy atom. The summed E-state index contributed by atoms with van der Waals surface area (Å²) in [7, 11) is 0. The van der Waals surface area contributed by atoms with Crippen molar-refractivity contribution in [3.63, 3.8) is 0 Å². The molecule has 0 saturated heterocycles. The van der Waals surface area contributed by atoms with Crippen molar-refractivity contribution in [1.29, 1.82) is 0 Å². The third-order valence-electron chi connectivity index (χ3n) is 2.17. The van der Waals surface area contributed by atoms with Gasteiger partial charge in [0, 0.05) is 30.4 Å². The summed E-state index contributed by atoms with van der Waals surface area (Å²) in [6.07, 6.45) is 16.3. The lowest BCUT2D eigenvalue weighted by Gasteiger charge is -1.97. The normalized spacial score (nSPS) is 10.2. The fourth-order valence-corrected chi connectivity index (χ4v) is 1.33. The Bertz CT molecular complexity index is 536. The van der Waals surface area contributed by atoms with E-state index in [0.717, 1.165) is 16.7 Å². The number of hydrogen-bond donors (Lipinski definition) is 0. The van der Waals surface area contributed by atoms with Gasteiger partial charge in [0.05, 0.1) is 0 Å². The predicted octanol–water partition coefficient (Wildman–Crippen LogP) is 2.63. The van der Waals surface area contributed by atoms with Crippen molar-refractivity contribution in [3.05, 3.63) is 59.7 Å². The summed E-state index contributed by atoms with van der Waals surface area (Å²) in [4.78, 5) is 7.94. The van der Waals surface area contributed by atoms with Crippen LogP contribution in [0.2, 0.25) is 0 Å². The first-order chi connectivity index (χ1) is 7.90. The molecule has 0 spiro atoms. The van der Waals surface area contributed by atoms with Crippen LogP contribution in [-0.4, -0.2) is 9.97 Å². The minimum atomic E-state index is 0.799. The fourth-order valence-electron chi connectivity index (χ4n) is 1.33. The molecule has 2 heteroatoms. The van der Waals surface area contributed by atoms with Crippen LogP contribution in [0.25, 0.3) is 12.2 Å². The number of aromatic nitrogens is 2. The van der Waals surface area contributed by atoms with Crippen LogP contribution in [0.5, 0.6) is 0 Å². The van der Waals surface area contributed by atoms with Crippen molar-refractivity contribution >= 4 is 12.2 Å². The van der Waals surface area contributed by atoms with Crippen LogP contribution in [0.4, 0.5) is 0 Å². The van der Waals surface area contributed by atoms with Crippen LogP contribution >= 0.6 is 0 Å². The monoisotopic (exact) mass is 206 g/mol. The molecule has 0 saturated carbocycles. The van der Waals surface area contributed by atoms with E-state index in [1.165, 1.54) is 0 Å². The van der Waals surface area contributed by atoms with E-state index < -0.39 is 0 Å². The number of rotatable bonds is 2. The van der Waals surface area contributed by atoms with Crippen molar-refractivity contribution in [1.82, 2.24) is 9.97 Å². The summed E-state index contributed by atoms with van der Waals surface area (Å²) in [5.74, 6) is 2.61. The molecule has 2 nitrogen and oxygen atoms in total. The Hall–Kier alpha value is -2.40. The second kappa shape index (κ2) is 4.90. The molecule has 0 aliphatic rings. The molecule has 0 amide bonds. The van der Waals surface area contributed by atoms with Crippen molar-refractivity contribution < 1.29 is 0 Å². The molecule has 0 fully saturated rings. The van der Waals surface area contributed by atoms with Crippen LogP contribution < -0.4 is 0 Å². The maximum atomic E-state index is 5.39. The maximum Gasteiger partial charge on any atom is 0.0498 e. The van der Waals surface area contributed by atoms with Gasteiger partial charge in [-0.1, -0.05) is 18.1 Å². The van der Waals surface area contributed by atoms with E-state index in [2.05, 4.69) is 15.9 Å². The molecule has 0 unspecified atom stereocenters. The first-order valence-electron chi connectivity index (χ1n) is 4.89. The zero-order chi connectivity index (χ0) is 11.2. The van der Waals surface area contributed by atoms with E-state index in [-0.39, 0.29) is 0 Å². The highest BCUT2D eigenvalue weighted by molar-refractivity contribution is 5.72. The Morgan fingerprint density at radius 1 is 1.00 bits per heavy atom. The smallest absolute Gasteiger partial charge is 0.0498 e. The van der Waals surface area contributed by atoms with Crippen LogP contribution in [0.1, 0.15) is 16.7 Å². The van der Waals surface area contributed by atoms with Crippen molar-refractivity contribution in [3.8, 4) is 12.3 Å². The first-order valence-corrected chi connectivity index (χ1v) is 4.89. The Balaban J connectivity index is 2.28. The number of pyridine rings is 2. The highest BCUT2D eigenvalue weighted by atomic mass is 14.6. The van der Waals surface area contributed by atoms with Crippen molar-refractivity contribution in [2.75, 3.05) is 0 Å². The molecular formula is C14H10N2. The van der Waals surface area contributed by atoms with E-state index in [1.807, 2.05) is 30.4 Å². The van der Waals surface area contributed by atoms with Gasteiger partial charge in [0.25, 0.3) is 0 Å². The van der Waals surface area contributed by atoms with E-state index >= 15 is 0 Å². The zero-order valence-electron chi connectivity index (χ0n) is 8.67. The summed E-state index contributed by atoms with van der Waals surface area (Å²) in [5, 5.41) is 0. The van der Waals surface area contributed by atoms with Gasteiger partial charge in [0.15, 0.2) is 0 Å². The van der Waals surface area contributed by atoms with Gasteiger partial charge in [-0.05, 0) is 29.3 Å². The van der Waals surface area contributed by atoms with E-state index in [4.69, 9.17) is 6.42 Å². The lowest BCUT2D eigenvalue weighted by molar-refractivity contribution is 1.30. The molecular weight excluding hydrogens is 196 g/mol. The number of nitrogens with zero attached hydrogens (tertiary/aromatic N) is 2. The fraction of sp³-hybridized carbons (Fsp3) is 0. The Morgan fingerprint density at radius 3 is 2.50 bits per heavy atom. The molecule has 0 aromatic carbocycles. The topological polar surface area (TPSA) is 25.8 Å². The quantitative estimate of drug-likeness (QED) is 0.706. The molecule has 16 heavy (non-hydrogen) atoms. The summed E-state index contributed by atoms with van der Waals surface area (Å²) < 4.78 is 0. The predicted molar refractivity (Wildman–Crippen MR) is 65.3 cm³/mol. The molecule has 2 aromatic heterocycles. The summed E-state index contributed by atoms with van der Waals surface area (Å²) >= 11 is 0. The highest BCUT2D eigenvalue weighted by Crippen LogP contribution is 2.10. The molecule has 0 bridgehead atoms. The van der Waals surface area contributed by atoms with E-state index in [0.29, 0.717) is 0 Å². The molecule has 76 valence electrons. The average Bonchev–Trinajstić information content (AvgIpc) is 2.38. The van der Waals surface area contributed by atoms with E-state index in [1.54, 1.807) is 24.8 Å². The SMILES string of the molecule is C#Cc1cnccc1/C=C/c1ccncc1. The zero-order valence-corrected chi connectivity index (χ0v) is 8.67. The van der Waals surface area contributed by atoms with Gasteiger partial charge in [0.2, 0.25) is 0 Å². The maximum absolute atomic E-state index is 5.39. The number of terminal acetylenes is 1. The lowest BCUT2D eigenvalue weighted by Crippen LogP contribution is -1.83. The highest BCUT2D eigenvalue weighted by Gasteiger charge is 1.94. The first kappa shape index (κ1) is 10.1. The Kier molecular flexibility index (Phi) is 3.10. The summed E-state index contributed by atoms with van der Waals surface area (Å²) in [5.41, 5.74) is 2.89. The third-order valence-corrected chi connectivity index (χ3v) is 2.17. The van der Waals surface area contributed by atoms with Gasteiger partial charge in [-0.3, -0.25) is 9.97 Å². The molecule has 0 atom stereocenters.